The summed E-state index contributed by atoms with van der Waals surface area (Å²) in [5.74, 6) is 0. The quantitative estimate of drug-likeness (QED) is 0.328. The molecule has 25 heavy (non-hydrogen) atoms. The van der Waals surface area contributed by atoms with Gasteiger partial charge in [-0.25, -0.2) is 0 Å². The molecule has 1 aromatic rings. The molecule has 3 nitrogen and oxygen atoms in total. The van der Waals surface area contributed by atoms with Gasteiger partial charge in [0.25, 0.3) is 0 Å². The Hall–Kier alpha value is -0.943. The van der Waals surface area contributed by atoms with Crippen molar-refractivity contribution in [2.75, 3.05) is 6.61 Å². The van der Waals surface area contributed by atoms with Crippen molar-refractivity contribution in [1.29, 1.82) is 0 Å². The van der Waals surface area contributed by atoms with Crippen LogP contribution in [0, 0.1) is 0 Å². The van der Waals surface area contributed by atoms with E-state index >= 15 is 0 Å². The Morgan fingerprint density at radius 2 is 1.84 bits per heavy atom. The second kappa shape index (κ2) is 10.3. The standard InChI is InChI=1S/C21H36O3Si/c1-7-11-20(24-25(5,6)21(2,3)4)16-19(22)14-15-23-17-18-12-9-8-10-13-18/h7-10,12-13,19-20,22H,1,11,14-17H2,2-6H3/t19-,20+/m0/s1. The molecule has 0 spiro atoms. The largest absolute Gasteiger partial charge is 0.414 e. The number of benzene rings is 1. The molecule has 0 saturated carbocycles. The van der Waals surface area contributed by atoms with Crippen molar-refractivity contribution < 1.29 is 14.3 Å². The van der Waals surface area contributed by atoms with E-state index in [1.807, 2.05) is 36.4 Å². The van der Waals surface area contributed by atoms with E-state index in [9.17, 15) is 5.11 Å². The summed E-state index contributed by atoms with van der Waals surface area (Å²) in [7, 11) is -1.84. The highest BCUT2D eigenvalue weighted by Gasteiger charge is 2.39. The van der Waals surface area contributed by atoms with Gasteiger partial charge in [0.05, 0.1) is 18.8 Å². The van der Waals surface area contributed by atoms with E-state index in [1.165, 1.54) is 0 Å². The highest BCUT2D eigenvalue weighted by atomic mass is 28.4. The Balaban J connectivity index is 2.40. The van der Waals surface area contributed by atoms with Crippen LogP contribution in [0.15, 0.2) is 43.0 Å². The van der Waals surface area contributed by atoms with Crippen molar-refractivity contribution in [3.63, 3.8) is 0 Å². The Labute approximate surface area is 155 Å². The van der Waals surface area contributed by atoms with Crippen LogP contribution in [0.2, 0.25) is 18.1 Å². The molecule has 1 aromatic carbocycles. The van der Waals surface area contributed by atoms with Crippen LogP contribution >= 0.6 is 0 Å². The number of aliphatic hydroxyl groups is 1. The second-order valence-electron chi connectivity index (χ2n) is 8.24. The van der Waals surface area contributed by atoms with Gasteiger partial charge in [0.15, 0.2) is 8.32 Å². The van der Waals surface area contributed by atoms with E-state index in [0.29, 0.717) is 26.1 Å². The maximum Gasteiger partial charge on any atom is 0.192 e. The van der Waals surface area contributed by atoms with E-state index in [4.69, 9.17) is 9.16 Å². The van der Waals surface area contributed by atoms with Crippen LogP contribution in [0.5, 0.6) is 0 Å². The smallest absolute Gasteiger partial charge is 0.192 e. The predicted octanol–water partition coefficient (Wildman–Crippen LogP) is 5.31. The highest BCUT2D eigenvalue weighted by Crippen LogP contribution is 2.38. The molecule has 0 saturated heterocycles. The molecule has 0 amide bonds. The first-order chi connectivity index (χ1) is 11.7. The minimum Gasteiger partial charge on any atom is -0.414 e. The van der Waals surface area contributed by atoms with Crippen LogP contribution in [-0.4, -0.2) is 32.2 Å². The van der Waals surface area contributed by atoms with E-state index in [0.717, 1.165) is 12.0 Å². The summed E-state index contributed by atoms with van der Waals surface area (Å²) in [5.41, 5.74) is 1.16. The Morgan fingerprint density at radius 3 is 2.40 bits per heavy atom. The van der Waals surface area contributed by atoms with Gasteiger partial charge < -0.3 is 14.3 Å². The monoisotopic (exact) mass is 364 g/mol. The molecule has 0 aliphatic rings. The summed E-state index contributed by atoms with van der Waals surface area (Å²) in [6, 6.07) is 10.1. The van der Waals surface area contributed by atoms with E-state index < -0.39 is 14.4 Å². The van der Waals surface area contributed by atoms with Gasteiger partial charge in [-0.2, -0.15) is 0 Å². The lowest BCUT2D eigenvalue weighted by atomic mass is 10.1. The van der Waals surface area contributed by atoms with E-state index in [2.05, 4.69) is 40.4 Å². The summed E-state index contributed by atoms with van der Waals surface area (Å²) in [5, 5.41) is 10.5. The van der Waals surface area contributed by atoms with Gasteiger partial charge in [0.1, 0.15) is 0 Å². The van der Waals surface area contributed by atoms with Crippen molar-refractivity contribution >= 4 is 8.32 Å². The first kappa shape index (κ1) is 22.1. The molecular formula is C21H36O3Si. The first-order valence-electron chi connectivity index (χ1n) is 9.24. The summed E-state index contributed by atoms with van der Waals surface area (Å²) in [4.78, 5) is 0. The van der Waals surface area contributed by atoms with E-state index in [1.54, 1.807) is 0 Å². The average molecular weight is 365 g/mol. The van der Waals surface area contributed by atoms with Gasteiger partial charge in [0, 0.05) is 6.61 Å². The third kappa shape index (κ3) is 8.32. The second-order valence-corrected chi connectivity index (χ2v) is 13.0. The summed E-state index contributed by atoms with van der Waals surface area (Å²) in [6.45, 7) is 16.2. The number of aliphatic hydroxyl groups excluding tert-OH is 1. The van der Waals surface area contributed by atoms with Crippen LogP contribution in [-0.2, 0) is 15.8 Å². The molecule has 2 atom stereocenters. The minimum atomic E-state index is -1.84. The number of rotatable bonds is 11. The molecule has 0 heterocycles. The Kier molecular flexibility index (Phi) is 9.07. The van der Waals surface area contributed by atoms with Crippen molar-refractivity contribution in [1.82, 2.24) is 0 Å². The molecule has 4 heteroatoms. The molecule has 0 bridgehead atoms. The topological polar surface area (TPSA) is 38.7 Å². The zero-order chi connectivity index (χ0) is 18.9. The lowest BCUT2D eigenvalue weighted by Crippen LogP contribution is -2.44. The van der Waals surface area contributed by atoms with Crippen LogP contribution in [0.3, 0.4) is 0 Å². The predicted molar refractivity (Wildman–Crippen MR) is 108 cm³/mol. The fourth-order valence-electron chi connectivity index (χ4n) is 2.38. The van der Waals surface area contributed by atoms with Gasteiger partial charge in [-0.1, -0.05) is 57.2 Å². The van der Waals surface area contributed by atoms with Gasteiger partial charge >= 0.3 is 0 Å². The van der Waals surface area contributed by atoms with Crippen LogP contribution < -0.4 is 0 Å². The highest BCUT2D eigenvalue weighted by molar-refractivity contribution is 6.74. The summed E-state index contributed by atoms with van der Waals surface area (Å²) >= 11 is 0. The van der Waals surface area contributed by atoms with Crippen molar-refractivity contribution in [2.45, 2.75) is 77.0 Å². The van der Waals surface area contributed by atoms with Crippen molar-refractivity contribution in [2.24, 2.45) is 0 Å². The number of hydrogen-bond donors (Lipinski definition) is 1. The summed E-state index contributed by atoms with van der Waals surface area (Å²) < 4.78 is 12.1. The van der Waals surface area contributed by atoms with E-state index in [-0.39, 0.29) is 11.1 Å². The molecule has 0 unspecified atom stereocenters. The number of ether oxygens (including phenoxy) is 1. The molecule has 0 aliphatic heterocycles. The van der Waals surface area contributed by atoms with Gasteiger partial charge in [-0.3, -0.25) is 0 Å². The van der Waals surface area contributed by atoms with Crippen molar-refractivity contribution in [3.8, 4) is 0 Å². The molecule has 0 aromatic heterocycles. The number of hydrogen-bond acceptors (Lipinski definition) is 3. The molecule has 0 fully saturated rings. The Bertz CT molecular complexity index is 494. The zero-order valence-corrected chi connectivity index (χ0v) is 17.6. The van der Waals surface area contributed by atoms with Gasteiger partial charge in [-0.15, -0.1) is 6.58 Å². The van der Waals surface area contributed by atoms with Crippen LogP contribution in [0.1, 0.15) is 45.6 Å². The van der Waals surface area contributed by atoms with Gasteiger partial charge in [-0.05, 0) is 43.0 Å². The maximum absolute atomic E-state index is 10.4. The SMILES string of the molecule is C=CC[C@H](C[C@@H](O)CCOCc1ccccc1)O[Si](C)(C)C(C)(C)C. The fraction of sp³-hybridized carbons (Fsp3) is 0.619. The molecule has 1 rings (SSSR count). The van der Waals surface area contributed by atoms with Crippen molar-refractivity contribution in [3.05, 3.63) is 48.6 Å². The minimum absolute atomic E-state index is 0.0301. The average Bonchev–Trinajstić information content (AvgIpc) is 2.51. The first-order valence-corrected chi connectivity index (χ1v) is 12.1. The molecular weight excluding hydrogens is 328 g/mol. The van der Waals surface area contributed by atoms with Crippen LogP contribution in [0.25, 0.3) is 0 Å². The van der Waals surface area contributed by atoms with Gasteiger partial charge in [0.2, 0.25) is 0 Å². The molecule has 1 N–H and O–H groups in total. The lowest BCUT2D eigenvalue weighted by molar-refractivity contribution is 0.0452. The molecule has 0 radical (unpaired) electrons. The zero-order valence-electron chi connectivity index (χ0n) is 16.6. The fourth-order valence-corrected chi connectivity index (χ4v) is 3.76. The molecule has 142 valence electrons. The van der Waals surface area contributed by atoms with Crippen LogP contribution in [0.4, 0.5) is 0 Å². The normalized spacial score (nSPS) is 15.0. The maximum atomic E-state index is 10.4. The Morgan fingerprint density at radius 1 is 1.20 bits per heavy atom. The third-order valence-corrected chi connectivity index (χ3v) is 9.47. The third-order valence-electron chi connectivity index (χ3n) is 4.94. The summed E-state index contributed by atoms with van der Waals surface area (Å²) in [6.07, 6.45) is 3.53. The molecule has 0 aliphatic carbocycles. The lowest BCUT2D eigenvalue weighted by Gasteiger charge is -2.39.